The summed E-state index contributed by atoms with van der Waals surface area (Å²) in [6, 6.07) is 13.1. The molecule has 0 saturated heterocycles. The highest BCUT2D eigenvalue weighted by Crippen LogP contribution is 2.35. The van der Waals surface area contributed by atoms with Gasteiger partial charge in [-0.15, -0.1) is 0 Å². The molecule has 1 aliphatic rings. The third kappa shape index (κ3) is 6.57. The number of carbonyl (C=O) groups is 1. The van der Waals surface area contributed by atoms with Gasteiger partial charge >= 0.3 is 0 Å². The van der Waals surface area contributed by atoms with Crippen molar-refractivity contribution >= 4 is 44.1 Å². The van der Waals surface area contributed by atoms with Crippen LogP contribution in [-0.2, 0) is 21.2 Å². The van der Waals surface area contributed by atoms with Gasteiger partial charge in [-0.2, -0.15) is 5.26 Å². The van der Waals surface area contributed by atoms with Crippen LogP contribution in [0, 0.1) is 18.3 Å². The number of nitrogens with zero attached hydrogens (tertiary/aromatic N) is 4. The van der Waals surface area contributed by atoms with Crippen molar-refractivity contribution in [3.05, 3.63) is 69.1 Å². The molecule has 0 spiro atoms. The van der Waals surface area contributed by atoms with Gasteiger partial charge in [0.2, 0.25) is 5.91 Å². The number of fused-ring (bicyclic) bond motifs is 2. The van der Waals surface area contributed by atoms with Gasteiger partial charge in [0.05, 0.1) is 23.1 Å². The molecule has 0 bridgehead atoms. The van der Waals surface area contributed by atoms with E-state index in [9.17, 15) is 23.3 Å². The van der Waals surface area contributed by atoms with E-state index < -0.39 is 9.84 Å². The maximum absolute atomic E-state index is 13.4. The van der Waals surface area contributed by atoms with Crippen LogP contribution < -0.4 is 11.3 Å². The second-order valence-electron chi connectivity index (χ2n) is 10.5. The first kappa shape index (κ1) is 29.7. The third-order valence-electron chi connectivity index (χ3n) is 7.12. The van der Waals surface area contributed by atoms with E-state index in [2.05, 4.69) is 11.1 Å². The number of amides is 1. The van der Waals surface area contributed by atoms with Crippen LogP contribution >= 0.6 is 0 Å². The minimum Gasteiger partial charge on any atom is -0.387 e. The number of benzene rings is 2. The zero-order valence-electron chi connectivity index (χ0n) is 23.9. The van der Waals surface area contributed by atoms with E-state index in [0.29, 0.717) is 57.8 Å². The maximum Gasteiger partial charge on any atom is 0.258 e. The molecule has 9 nitrogen and oxygen atoms in total. The lowest BCUT2D eigenvalue weighted by molar-refractivity contribution is -0.127. The van der Waals surface area contributed by atoms with Gasteiger partial charge in [0.25, 0.3) is 5.56 Å². The summed E-state index contributed by atoms with van der Waals surface area (Å²) < 4.78 is 24.8. The summed E-state index contributed by atoms with van der Waals surface area (Å²) in [6.45, 7) is 7.20. The summed E-state index contributed by atoms with van der Waals surface area (Å²) in [5, 5.41) is 11.2. The van der Waals surface area contributed by atoms with E-state index in [1.807, 2.05) is 36.9 Å². The van der Waals surface area contributed by atoms with Crippen LogP contribution in [0.4, 0.5) is 5.69 Å². The molecule has 2 aromatic carbocycles. The lowest BCUT2D eigenvalue weighted by atomic mass is 9.95. The molecule has 4 rings (SSSR count). The number of carbonyl (C=O) groups excluding carboxylic acids is 1. The monoisotopic (exact) mass is 573 g/mol. The average molecular weight is 574 g/mol. The van der Waals surface area contributed by atoms with Crippen molar-refractivity contribution in [2.45, 2.75) is 46.6 Å². The first-order valence-corrected chi connectivity index (χ1v) is 15.7. The fourth-order valence-corrected chi connectivity index (χ4v) is 5.67. The van der Waals surface area contributed by atoms with Crippen molar-refractivity contribution < 1.29 is 13.2 Å². The van der Waals surface area contributed by atoms with Gasteiger partial charge in [0.1, 0.15) is 15.7 Å². The lowest BCUT2D eigenvalue weighted by Crippen LogP contribution is -2.34. The highest BCUT2D eigenvalue weighted by Gasteiger charge is 2.23. The number of nitrogens with two attached hydrogens (primary N) is 1. The number of hydrogen-bond donors (Lipinski definition) is 1. The summed E-state index contributed by atoms with van der Waals surface area (Å²) in [6.07, 6.45) is 4.76. The number of aromatic nitrogens is 1. The van der Waals surface area contributed by atoms with Gasteiger partial charge in [-0.05, 0) is 72.7 Å². The van der Waals surface area contributed by atoms with E-state index in [-0.39, 0.29) is 30.2 Å². The van der Waals surface area contributed by atoms with Crippen molar-refractivity contribution in [1.29, 1.82) is 5.26 Å². The highest BCUT2D eigenvalue weighted by molar-refractivity contribution is 7.90. The van der Waals surface area contributed by atoms with E-state index in [0.717, 1.165) is 30.2 Å². The summed E-state index contributed by atoms with van der Waals surface area (Å²) in [4.78, 5) is 32.9. The Morgan fingerprint density at radius 1 is 1.12 bits per heavy atom. The lowest BCUT2D eigenvalue weighted by Gasteiger charge is -2.22. The van der Waals surface area contributed by atoms with Crippen LogP contribution in [0.1, 0.15) is 49.9 Å². The predicted octanol–water partition coefficient (Wildman–Crippen LogP) is 4.32. The van der Waals surface area contributed by atoms with E-state index in [1.54, 1.807) is 31.2 Å². The van der Waals surface area contributed by atoms with Crippen LogP contribution in [0.2, 0.25) is 0 Å². The first-order valence-electron chi connectivity index (χ1n) is 13.7. The van der Waals surface area contributed by atoms with E-state index in [1.165, 1.54) is 4.57 Å². The van der Waals surface area contributed by atoms with Gasteiger partial charge in [-0.3, -0.25) is 9.59 Å². The molecule has 2 heterocycles. The molecule has 0 atom stereocenters. The Balaban J connectivity index is 1.79. The highest BCUT2D eigenvalue weighted by atomic mass is 32.2. The molecule has 10 heteroatoms. The summed E-state index contributed by atoms with van der Waals surface area (Å²) in [5.74, 6) is 0.0743. The molecule has 0 saturated carbocycles. The zero-order chi connectivity index (χ0) is 29.9. The fraction of sp³-hybridized carbons (Fsp3) is 0.355. The van der Waals surface area contributed by atoms with Gasteiger partial charge < -0.3 is 15.2 Å². The van der Waals surface area contributed by atoms with Crippen LogP contribution in [0.25, 0.3) is 28.0 Å². The number of nitriles is 1. The fourth-order valence-electron chi connectivity index (χ4n) is 5.15. The second kappa shape index (κ2) is 12.1. The Morgan fingerprint density at radius 3 is 2.46 bits per heavy atom. The molecule has 0 fully saturated rings. The molecule has 2 N–H and O–H groups in total. The SMILES string of the molecule is CCCN(CCC)C(=O)C1=Cc2c(C#N)cc(-c3ccc4c(=O)n(CCS(C)(=O)=O)c(C)cc4c3)cc2N=C(N)C1. The van der Waals surface area contributed by atoms with Crippen LogP contribution in [0.3, 0.4) is 0 Å². The number of amidine groups is 1. The predicted molar refractivity (Wildman–Crippen MR) is 164 cm³/mol. The second-order valence-corrected chi connectivity index (χ2v) is 12.7. The maximum atomic E-state index is 13.4. The summed E-state index contributed by atoms with van der Waals surface area (Å²) >= 11 is 0. The van der Waals surface area contributed by atoms with Crippen LogP contribution in [0.15, 0.2) is 51.8 Å². The molecular formula is C31H35N5O4S. The molecule has 0 unspecified atom stereocenters. The molecule has 1 aromatic heterocycles. The normalized spacial score (nSPS) is 13.1. The summed E-state index contributed by atoms with van der Waals surface area (Å²) in [7, 11) is -3.22. The van der Waals surface area contributed by atoms with Crippen molar-refractivity contribution in [3.8, 4) is 17.2 Å². The molecule has 41 heavy (non-hydrogen) atoms. The quantitative estimate of drug-likeness (QED) is 0.405. The Labute approximate surface area is 240 Å². The Kier molecular flexibility index (Phi) is 8.78. The van der Waals surface area contributed by atoms with Gasteiger partial charge in [-0.25, -0.2) is 13.4 Å². The number of sulfone groups is 1. The van der Waals surface area contributed by atoms with E-state index >= 15 is 0 Å². The smallest absolute Gasteiger partial charge is 0.258 e. The molecule has 1 amide bonds. The number of hydrogen-bond acceptors (Lipinski definition) is 7. The van der Waals surface area contributed by atoms with Gasteiger partial charge in [0, 0.05) is 54.5 Å². The van der Waals surface area contributed by atoms with Crippen LogP contribution in [0.5, 0.6) is 0 Å². The molecule has 3 aromatic rings. The Morgan fingerprint density at radius 2 is 1.83 bits per heavy atom. The number of aryl methyl sites for hydroxylation is 1. The van der Waals surface area contributed by atoms with Crippen molar-refractivity contribution in [3.63, 3.8) is 0 Å². The molecule has 0 radical (unpaired) electrons. The standard InChI is InChI=1S/C31H35N5O4S/c1-5-9-35(10-6-2)30(37)24-16-27-25(19-32)15-22(17-28(27)34-29(33)18-24)21-7-8-26-23(14-21)13-20(3)36(31(26)38)11-12-41(4,39)40/h7-8,13-17H,5-6,9-12,18H2,1-4H3,(H2,33,34). The average Bonchev–Trinajstić information content (AvgIpc) is 3.08. The number of aliphatic imine (C=N–C) groups is 1. The third-order valence-corrected chi connectivity index (χ3v) is 8.04. The number of rotatable bonds is 9. The first-order chi connectivity index (χ1) is 19.4. The largest absolute Gasteiger partial charge is 0.387 e. The molecular weight excluding hydrogens is 538 g/mol. The van der Waals surface area contributed by atoms with Gasteiger partial charge in [0.15, 0.2) is 0 Å². The minimum atomic E-state index is -3.22. The van der Waals surface area contributed by atoms with Crippen molar-refractivity contribution in [2.75, 3.05) is 25.1 Å². The van der Waals surface area contributed by atoms with Crippen molar-refractivity contribution in [1.82, 2.24) is 9.47 Å². The van der Waals surface area contributed by atoms with Crippen molar-refractivity contribution in [2.24, 2.45) is 10.7 Å². The van der Waals surface area contributed by atoms with Gasteiger partial charge in [-0.1, -0.05) is 19.9 Å². The van der Waals surface area contributed by atoms with E-state index in [4.69, 9.17) is 5.73 Å². The zero-order valence-corrected chi connectivity index (χ0v) is 24.7. The molecule has 1 aliphatic heterocycles. The Bertz CT molecular complexity index is 1790. The summed E-state index contributed by atoms with van der Waals surface area (Å²) in [5.41, 5.74) is 10.1. The molecule has 0 aliphatic carbocycles. The molecule has 214 valence electrons. The topological polar surface area (TPSA) is 139 Å². The van der Waals surface area contributed by atoms with Crippen LogP contribution in [-0.4, -0.2) is 54.7 Å². The number of pyridine rings is 1. The minimum absolute atomic E-state index is 0.0869. The Hall–Kier alpha value is -4.23.